The number of hydrogen-bond donors (Lipinski definition) is 0. The Balaban J connectivity index is 2.10. The highest BCUT2D eigenvalue weighted by molar-refractivity contribution is 5.32. The molecule has 0 N–H and O–H groups in total. The summed E-state index contributed by atoms with van der Waals surface area (Å²) in [6.07, 6.45) is 0.949. The van der Waals surface area contributed by atoms with Crippen molar-refractivity contribution in [3.63, 3.8) is 0 Å². The van der Waals surface area contributed by atoms with Crippen LogP contribution in [-0.2, 0) is 13.0 Å². The van der Waals surface area contributed by atoms with Crippen molar-refractivity contribution in [1.82, 2.24) is 0 Å². The van der Waals surface area contributed by atoms with Gasteiger partial charge in [0.15, 0.2) is 11.6 Å². The minimum absolute atomic E-state index is 0.191. The average molecular weight is 260 g/mol. The lowest BCUT2D eigenvalue weighted by atomic mass is 10.1. The molecule has 0 saturated heterocycles. The van der Waals surface area contributed by atoms with Crippen LogP contribution in [-0.4, -0.2) is 7.11 Å². The van der Waals surface area contributed by atoms with Gasteiger partial charge in [-0.1, -0.05) is 31.2 Å². The topological polar surface area (TPSA) is 18.5 Å². The first-order valence-corrected chi connectivity index (χ1v) is 6.27. The third kappa shape index (κ3) is 3.25. The number of hydrogen-bond acceptors (Lipinski definition) is 2. The van der Waals surface area contributed by atoms with E-state index in [-0.39, 0.29) is 18.2 Å². The molecule has 0 amide bonds. The van der Waals surface area contributed by atoms with Gasteiger partial charge in [-0.05, 0) is 30.2 Å². The lowest BCUT2D eigenvalue weighted by Crippen LogP contribution is -2.00. The average Bonchev–Trinajstić information content (AvgIpc) is 2.46. The molecule has 2 nitrogen and oxygen atoms in total. The van der Waals surface area contributed by atoms with Gasteiger partial charge in [-0.2, -0.15) is 0 Å². The number of benzene rings is 2. The third-order valence-electron chi connectivity index (χ3n) is 2.96. The Labute approximate surface area is 112 Å². The summed E-state index contributed by atoms with van der Waals surface area (Å²) in [5.74, 6) is 0.627. The van der Waals surface area contributed by atoms with E-state index in [0.717, 1.165) is 12.2 Å². The van der Waals surface area contributed by atoms with Crippen LogP contribution in [0.4, 0.5) is 4.39 Å². The van der Waals surface area contributed by atoms with Crippen molar-refractivity contribution in [2.45, 2.75) is 20.0 Å². The molecule has 0 atom stereocenters. The van der Waals surface area contributed by atoms with Gasteiger partial charge in [-0.15, -0.1) is 0 Å². The largest absolute Gasteiger partial charge is 0.494 e. The second kappa shape index (κ2) is 6.23. The highest BCUT2D eigenvalue weighted by atomic mass is 19.1. The number of aryl methyl sites for hydroxylation is 1. The van der Waals surface area contributed by atoms with E-state index in [0.29, 0.717) is 5.56 Å². The molecule has 0 unspecified atom stereocenters. The molecular formula is C16H17FO2. The molecule has 0 heterocycles. The molecule has 0 saturated carbocycles. The first kappa shape index (κ1) is 13.4. The SMILES string of the molecule is CCc1cccc(OCc2cccc(OC)c2F)c1. The first-order chi connectivity index (χ1) is 9.24. The molecule has 3 heteroatoms. The van der Waals surface area contributed by atoms with E-state index in [2.05, 4.69) is 6.92 Å². The van der Waals surface area contributed by atoms with E-state index in [4.69, 9.17) is 9.47 Å². The zero-order valence-corrected chi connectivity index (χ0v) is 11.2. The molecule has 2 aromatic carbocycles. The Bertz CT molecular complexity index is 552. The Kier molecular flexibility index (Phi) is 4.39. The van der Waals surface area contributed by atoms with E-state index in [1.54, 1.807) is 18.2 Å². The fourth-order valence-electron chi connectivity index (χ4n) is 1.84. The van der Waals surface area contributed by atoms with Crippen LogP contribution in [0.3, 0.4) is 0 Å². The van der Waals surface area contributed by atoms with E-state index < -0.39 is 0 Å². The molecule has 0 radical (unpaired) electrons. The maximum Gasteiger partial charge on any atom is 0.171 e. The first-order valence-electron chi connectivity index (χ1n) is 6.27. The maximum atomic E-state index is 13.9. The Morgan fingerprint density at radius 3 is 2.63 bits per heavy atom. The summed E-state index contributed by atoms with van der Waals surface area (Å²) in [5, 5.41) is 0. The smallest absolute Gasteiger partial charge is 0.171 e. The van der Waals surface area contributed by atoms with Crippen molar-refractivity contribution in [1.29, 1.82) is 0 Å². The molecule has 0 spiro atoms. The van der Waals surface area contributed by atoms with Crippen LogP contribution in [0.2, 0.25) is 0 Å². The van der Waals surface area contributed by atoms with Gasteiger partial charge in [-0.25, -0.2) is 4.39 Å². The highest BCUT2D eigenvalue weighted by Crippen LogP contribution is 2.22. The van der Waals surface area contributed by atoms with Gasteiger partial charge in [0.05, 0.1) is 7.11 Å². The van der Waals surface area contributed by atoms with Gasteiger partial charge >= 0.3 is 0 Å². The number of ether oxygens (including phenoxy) is 2. The Morgan fingerprint density at radius 2 is 1.89 bits per heavy atom. The third-order valence-corrected chi connectivity index (χ3v) is 2.96. The summed E-state index contributed by atoms with van der Waals surface area (Å²) >= 11 is 0. The standard InChI is InChI=1S/C16H17FO2/c1-3-12-6-4-8-14(10-12)19-11-13-7-5-9-15(18-2)16(13)17/h4-10H,3,11H2,1-2H3. The summed E-state index contributed by atoms with van der Waals surface area (Å²) < 4.78 is 24.5. The molecule has 0 aliphatic rings. The van der Waals surface area contributed by atoms with Gasteiger partial charge in [0.2, 0.25) is 0 Å². The number of methoxy groups -OCH3 is 1. The van der Waals surface area contributed by atoms with E-state index in [1.807, 2.05) is 24.3 Å². The normalized spacial score (nSPS) is 10.3. The fourth-order valence-corrected chi connectivity index (χ4v) is 1.84. The molecule has 19 heavy (non-hydrogen) atoms. The Morgan fingerprint density at radius 1 is 1.11 bits per heavy atom. The van der Waals surface area contributed by atoms with Crippen LogP contribution in [0.5, 0.6) is 11.5 Å². The van der Waals surface area contributed by atoms with Gasteiger partial charge in [0.1, 0.15) is 12.4 Å². The van der Waals surface area contributed by atoms with Crippen molar-refractivity contribution < 1.29 is 13.9 Å². The lowest BCUT2D eigenvalue weighted by Gasteiger charge is -2.10. The Hall–Kier alpha value is -2.03. The van der Waals surface area contributed by atoms with Crippen LogP contribution in [0.1, 0.15) is 18.1 Å². The van der Waals surface area contributed by atoms with Gasteiger partial charge in [0.25, 0.3) is 0 Å². The van der Waals surface area contributed by atoms with E-state index >= 15 is 0 Å². The number of halogens is 1. The predicted molar refractivity (Wildman–Crippen MR) is 73.1 cm³/mol. The molecule has 0 aliphatic heterocycles. The van der Waals surface area contributed by atoms with Gasteiger partial charge < -0.3 is 9.47 Å². The summed E-state index contributed by atoms with van der Waals surface area (Å²) in [6, 6.07) is 12.9. The van der Waals surface area contributed by atoms with Crippen LogP contribution in [0, 0.1) is 5.82 Å². The molecule has 0 aliphatic carbocycles. The molecule has 2 rings (SSSR count). The molecular weight excluding hydrogens is 243 g/mol. The van der Waals surface area contributed by atoms with Crippen molar-refractivity contribution >= 4 is 0 Å². The van der Waals surface area contributed by atoms with Crippen molar-refractivity contribution in [2.24, 2.45) is 0 Å². The van der Waals surface area contributed by atoms with E-state index in [1.165, 1.54) is 12.7 Å². The quantitative estimate of drug-likeness (QED) is 0.809. The summed E-state index contributed by atoms with van der Waals surface area (Å²) in [7, 11) is 1.45. The monoisotopic (exact) mass is 260 g/mol. The maximum absolute atomic E-state index is 13.9. The van der Waals surface area contributed by atoms with Crippen molar-refractivity contribution in [3.05, 3.63) is 59.4 Å². The summed E-state index contributed by atoms with van der Waals surface area (Å²) in [5.41, 5.74) is 1.69. The highest BCUT2D eigenvalue weighted by Gasteiger charge is 2.08. The molecule has 100 valence electrons. The van der Waals surface area contributed by atoms with Crippen LogP contribution < -0.4 is 9.47 Å². The molecule has 2 aromatic rings. The molecule has 0 aromatic heterocycles. The minimum atomic E-state index is -0.364. The van der Waals surface area contributed by atoms with Gasteiger partial charge in [0, 0.05) is 5.56 Å². The van der Waals surface area contributed by atoms with Crippen LogP contribution in [0.25, 0.3) is 0 Å². The fraction of sp³-hybridized carbons (Fsp3) is 0.250. The minimum Gasteiger partial charge on any atom is -0.494 e. The zero-order chi connectivity index (χ0) is 13.7. The summed E-state index contributed by atoms with van der Waals surface area (Å²) in [4.78, 5) is 0. The van der Waals surface area contributed by atoms with Crippen molar-refractivity contribution in [2.75, 3.05) is 7.11 Å². The second-order valence-corrected chi connectivity index (χ2v) is 4.22. The predicted octanol–water partition coefficient (Wildman–Crippen LogP) is 3.98. The number of rotatable bonds is 5. The lowest BCUT2D eigenvalue weighted by molar-refractivity contribution is 0.295. The molecule has 0 fully saturated rings. The second-order valence-electron chi connectivity index (χ2n) is 4.22. The summed E-state index contributed by atoms with van der Waals surface area (Å²) in [6.45, 7) is 2.27. The van der Waals surface area contributed by atoms with Crippen LogP contribution in [0.15, 0.2) is 42.5 Å². The van der Waals surface area contributed by atoms with Gasteiger partial charge in [-0.3, -0.25) is 0 Å². The van der Waals surface area contributed by atoms with E-state index in [9.17, 15) is 4.39 Å². The zero-order valence-electron chi connectivity index (χ0n) is 11.2. The van der Waals surface area contributed by atoms with Crippen molar-refractivity contribution in [3.8, 4) is 11.5 Å². The molecule has 0 bridgehead atoms. The van der Waals surface area contributed by atoms with Crippen LogP contribution >= 0.6 is 0 Å².